The molecular weight excluding hydrogens is 314 g/mol. The molecule has 3 rings (SSSR count). The SMILES string of the molecule is Nc1cccc2c(N)c(Cc3cccc(Br)n3)ccc12. The van der Waals surface area contributed by atoms with Crippen LogP contribution in [0, 0.1) is 0 Å². The summed E-state index contributed by atoms with van der Waals surface area (Å²) < 4.78 is 0.832. The first-order chi connectivity index (χ1) is 9.65. The van der Waals surface area contributed by atoms with Crippen molar-refractivity contribution in [1.29, 1.82) is 0 Å². The van der Waals surface area contributed by atoms with Gasteiger partial charge in [-0.2, -0.15) is 0 Å². The van der Waals surface area contributed by atoms with Crippen molar-refractivity contribution in [2.24, 2.45) is 0 Å². The van der Waals surface area contributed by atoms with Crippen LogP contribution >= 0.6 is 15.9 Å². The van der Waals surface area contributed by atoms with Gasteiger partial charge in [-0.25, -0.2) is 4.98 Å². The van der Waals surface area contributed by atoms with Crippen molar-refractivity contribution >= 4 is 38.1 Å². The lowest BCUT2D eigenvalue weighted by atomic mass is 10.00. The molecule has 0 amide bonds. The van der Waals surface area contributed by atoms with Crippen molar-refractivity contribution in [3.8, 4) is 0 Å². The molecule has 0 fully saturated rings. The highest BCUT2D eigenvalue weighted by atomic mass is 79.9. The van der Waals surface area contributed by atoms with Gasteiger partial charge in [0.2, 0.25) is 0 Å². The van der Waals surface area contributed by atoms with E-state index in [1.165, 1.54) is 0 Å². The Morgan fingerprint density at radius 2 is 1.70 bits per heavy atom. The van der Waals surface area contributed by atoms with Crippen LogP contribution in [0.15, 0.2) is 53.1 Å². The fraction of sp³-hybridized carbons (Fsp3) is 0.0625. The first kappa shape index (κ1) is 12.9. The van der Waals surface area contributed by atoms with E-state index in [0.29, 0.717) is 6.42 Å². The first-order valence-electron chi connectivity index (χ1n) is 6.32. The third kappa shape index (κ3) is 2.34. The van der Waals surface area contributed by atoms with Gasteiger partial charge in [0.25, 0.3) is 0 Å². The average molecular weight is 328 g/mol. The van der Waals surface area contributed by atoms with E-state index in [9.17, 15) is 0 Å². The second kappa shape index (κ2) is 5.13. The number of hydrogen-bond donors (Lipinski definition) is 2. The molecule has 20 heavy (non-hydrogen) atoms. The maximum Gasteiger partial charge on any atom is 0.106 e. The van der Waals surface area contributed by atoms with Crippen molar-refractivity contribution in [3.05, 3.63) is 64.4 Å². The number of halogens is 1. The first-order valence-corrected chi connectivity index (χ1v) is 7.11. The van der Waals surface area contributed by atoms with Gasteiger partial charge in [0, 0.05) is 34.3 Å². The molecule has 0 radical (unpaired) electrons. The number of pyridine rings is 1. The summed E-state index contributed by atoms with van der Waals surface area (Å²) in [5.74, 6) is 0. The lowest BCUT2D eigenvalue weighted by molar-refractivity contribution is 1.06. The van der Waals surface area contributed by atoms with Gasteiger partial charge >= 0.3 is 0 Å². The summed E-state index contributed by atoms with van der Waals surface area (Å²) in [7, 11) is 0. The second-order valence-electron chi connectivity index (χ2n) is 4.71. The lowest BCUT2D eigenvalue weighted by Crippen LogP contribution is -1.99. The molecule has 0 aliphatic carbocycles. The third-order valence-electron chi connectivity index (χ3n) is 3.37. The minimum Gasteiger partial charge on any atom is -0.398 e. The molecule has 0 bridgehead atoms. The Balaban J connectivity index is 2.07. The van der Waals surface area contributed by atoms with E-state index in [-0.39, 0.29) is 0 Å². The highest BCUT2D eigenvalue weighted by Crippen LogP contribution is 2.29. The van der Waals surface area contributed by atoms with E-state index in [4.69, 9.17) is 11.5 Å². The van der Waals surface area contributed by atoms with Crippen LogP contribution in [0.1, 0.15) is 11.3 Å². The number of rotatable bonds is 2. The van der Waals surface area contributed by atoms with Gasteiger partial charge in [-0.05, 0) is 39.7 Å². The molecular formula is C16H14BrN3. The van der Waals surface area contributed by atoms with Crippen molar-refractivity contribution < 1.29 is 0 Å². The van der Waals surface area contributed by atoms with Gasteiger partial charge in [0.15, 0.2) is 0 Å². The summed E-state index contributed by atoms with van der Waals surface area (Å²) >= 11 is 3.38. The van der Waals surface area contributed by atoms with E-state index >= 15 is 0 Å². The smallest absolute Gasteiger partial charge is 0.106 e. The summed E-state index contributed by atoms with van der Waals surface area (Å²) in [6.45, 7) is 0. The van der Waals surface area contributed by atoms with Crippen LogP contribution < -0.4 is 11.5 Å². The minimum atomic E-state index is 0.704. The van der Waals surface area contributed by atoms with E-state index in [0.717, 1.165) is 38.0 Å². The fourth-order valence-electron chi connectivity index (χ4n) is 2.35. The van der Waals surface area contributed by atoms with Gasteiger partial charge in [-0.1, -0.05) is 30.3 Å². The van der Waals surface area contributed by atoms with E-state index in [1.807, 2.05) is 48.5 Å². The molecule has 3 nitrogen and oxygen atoms in total. The number of aromatic nitrogens is 1. The van der Waals surface area contributed by atoms with Crippen molar-refractivity contribution in [3.63, 3.8) is 0 Å². The Morgan fingerprint density at radius 3 is 2.50 bits per heavy atom. The zero-order valence-corrected chi connectivity index (χ0v) is 12.4. The summed E-state index contributed by atoms with van der Waals surface area (Å²) in [5, 5.41) is 1.99. The number of nitrogens with two attached hydrogens (primary N) is 2. The van der Waals surface area contributed by atoms with Gasteiger partial charge in [-0.15, -0.1) is 0 Å². The molecule has 100 valence electrons. The molecule has 1 aromatic heterocycles. The van der Waals surface area contributed by atoms with Gasteiger partial charge in [0.05, 0.1) is 0 Å². The molecule has 0 saturated heterocycles. The molecule has 1 heterocycles. The van der Waals surface area contributed by atoms with Gasteiger partial charge < -0.3 is 11.5 Å². The predicted molar refractivity (Wildman–Crippen MR) is 87.5 cm³/mol. The molecule has 3 aromatic rings. The highest BCUT2D eigenvalue weighted by Gasteiger charge is 2.07. The number of fused-ring (bicyclic) bond motifs is 1. The summed E-state index contributed by atoms with van der Waals surface area (Å²) in [6, 6.07) is 15.7. The summed E-state index contributed by atoms with van der Waals surface area (Å²) in [4.78, 5) is 4.44. The largest absolute Gasteiger partial charge is 0.398 e. The number of nitrogen functional groups attached to an aromatic ring is 2. The van der Waals surface area contributed by atoms with Crippen molar-refractivity contribution in [2.75, 3.05) is 11.5 Å². The Labute approximate surface area is 125 Å². The number of nitrogens with zero attached hydrogens (tertiary/aromatic N) is 1. The van der Waals surface area contributed by atoms with E-state index in [2.05, 4.69) is 20.9 Å². The predicted octanol–water partition coefficient (Wildman–Crippen LogP) is 3.75. The van der Waals surface area contributed by atoms with Crippen LogP contribution in [-0.4, -0.2) is 4.98 Å². The van der Waals surface area contributed by atoms with Gasteiger partial charge in [0.1, 0.15) is 4.60 Å². The molecule has 0 atom stereocenters. The Bertz CT molecular complexity index is 784. The third-order valence-corrected chi connectivity index (χ3v) is 3.81. The van der Waals surface area contributed by atoms with Crippen LogP contribution in [0.5, 0.6) is 0 Å². The molecule has 0 aliphatic heterocycles. The Morgan fingerprint density at radius 1 is 0.900 bits per heavy atom. The highest BCUT2D eigenvalue weighted by molar-refractivity contribution is 9.10. The number of hydrogen-bond acceptors (Lipinski definition) is 3. The molecule has 0 aliphatic rings. The van der Waals surface area contributed by atoms with Gasteiger partial charge in [-0.3, -0.25) is 0 Å². The van der Waals surface area contributed by atoms with Crippen LogP contribution in [0.3, 0.4) is 0 Å². The summed E-state index contributed by atoms with van der Waals surface area (Å²) in [5.41, 5.74) is 15.8. The van der Waals surface area contributed by atoms with Crippen LogP contribution in [-0.2, 0) is 6.42 Å². The van der Waals surface area contributed by atoms with Crippen LogP contribution in [0.2, 0.25) is 0 Å². The normalized spacial score (nSPS) is 10.8. The minimum absolute atomic E-state index is 0.704. The topological polar surface area (TPSA) is 64.9 Å². The number of anilines is 2. The molecule has 4 heteroatoms. The zero-order valence-electron chi connectivity index (χ0n) is 10.8. The number of benzene rings is 2. The van der Waals surface area contributed by atoms with Crippen LogP contribution in [0.25, 0.3) is 10.8 Å². The lowest BCUT2D eigenvalue weighted by Gasteiger charge is -2.10. The van der Waals surface area contributed by atoms with Crippen molar-refractivity contribution in [2.45, 2.75) is 6.42 Å². The monoisotopic (exact) mass is 327 g/mol. The maximum absolute atomic E-state index is 6.28. The van der Waals surface area contributed by atoms with E-state index < -0.39 is 0 Å². The second-order valence-corrected chi connectivity index (χ2v) is 5.52. The molecule has 2 aromatic carbocycles. The Hall–Kier alpha value is -2.07. The zero-order chi connectivity index (χ0) is 14.1. The Kier molecular flexibility index (Phi) is 3.32. The molecule has 0 spiro atoms. The fourth-order valence-corrected chi connectivity index (χ4v) is 2.73. The molecule has 0 saturated carbocycles. The maximum atomic E-state index is 6.28. The summed E-state index contributed by atoms with van der Waals surface area (Å²) in [6.07, 6.45) is 0.704. The van der Waals surface area contributed by atoms with E-state index in [1.54, 1.807) is 0 Å². The average Bonchev–Trinajstić information content (AvgIpc) is 2.43. The van der Waals surface area contributed by atoms with Crippen LogP contribution in [0.4, 0.5) is 11.4 Å². The quantitative estimate of drug-likeness (QED) is 0.556. The standard InChI is InChI=1S/C16H14BrN3/c17-15-6-1-3-11(20-15)9-10-7-8-12-13(16(10)19)4-2-5-14(12)18/h1-8H,9,18-19H2. The molecule has 0 unspecified atom stereocenters. The van der Waals surface area contributed by atoms with Crippen molar-refractivity contribution in [1.82, 2.24) is 4.98 Å². The molecule has 4 N–H and O–H groups in total.